The third-order valence-corrected chi connectivity index (χ3v) is 4.21. The highest BCUT2D eigenvalue weighted by Crippen LogP contribution is 2.37. The van der Waals surface area contributed by atoms with Crippen LogP contribution in [0.4, 0.5) is 0 Å². The van der Waals surface area contributed by atoms with E-state index in [1.54, 1.807) is 30.5 Å². The van der Waals surface area contributed by atoms with Gasteiger partial charge in [-0.3, -0.25) is 4.79 Å². The molecule has 3 aromatic rings. The van der Waals surface area contributed by atoms with Gasteiger partial charge in [-0.15, -0.1) is 11.3 Å². The molecule has 0 aliphatic heterocycles. The summed E-state index contributed by atoms with van der Waals surface area (Å²) >= 11 is 13.5. The van der Waals surface area contributed by atoms with Gasteiger partial charge in [0.1, 0.15) is 9.71 Å². The van der Waals surface area contributed by atoms with Crippen molar-refractivity contribution >= 4 is 44.8 Å². The Morgan fingerprint density at radius 2 is 1.89 bits per heavy atom. The smallest absolute Gasteiger partial charge is 0.267 e. The van der Waals surface area contributed by atoms with Crippen LogP contribution in [0.3, 0.4) is 0 Å². The van der Waals surface area contributed by atoms with E-state index < -0.39 is 0 Å². The quantitative estimate of drug-likeness (QED) is 0.739. The van der Waals surface area contributed by atoms with Gasteiger partial charge in [0, 0.05) is 11.8 Å². The molecule has 0 radical (unpaired) electrons. The maximum Gasteiger partial charge on any atom is 0.267 e. The van der Waals surface area contributed by atoms with Gasteiger partial charge in [0.2, 0.25) is 0 Å². The Bertz CT molecular complexity index is 774. The van der Waals surface area contributed by atoms with Crippen LogP contribution in [-0.4, -0.2) is 9.97 Å². The number of pyridine rings is 1. The van der Waals surface area contributed by atoms with Gasteiger partial charge >= 0.3 is 0 Å². The summed E-state index contributed by atoms with van der Waals surface area (Å²) in [5.74, 6) is 0. The van der Waals surface area contributed by atoms with Crippen molar-refractivity contribution < 1.29 is 0 Å². The predicted molar refractivity (Wildman–Crippen MR) is 75.7 cm³/mol. The Morgan fingerprint density at radius 3 is 2.56 bits per heavy atom. The van der Waals surface area contributed by atoms with E-state index in [2.05, 4.69) is 9.97 Å². The molecular weight excluding hydrogens is 291 g/mol. The molecule has 1 N–H and O–H groups in total. The fraction of sp³-hybridized carbons (Fsp3) is 0. The van der Waals surface area contributed by atoms with Crippen LogP contribution in [0.2, 0.25) is 10.0 Å². The maximum atomic E-state index is 11.6. The summed E-state index contributed by atoms with van der Waals surface area (Å²) in [4.78, 5) is 18.7. The molecule has 0 aliphatic carbocycles. The molecule has 3 nitrogen and oxygen atoms in total. The molecule has 3 rings (SSSR count). The SMILES string of the molecule is O=c1[nH]ccc2nc(-c3c(Cl)cccc3Cl)sc12. The minimum Gasteiger partial charge on any atom is -0.328 e. The first-order valence-electron chi connectivity index (χ1n) is 5.09. The second kappa shape index (κ2) is 4.39. The van der Waals surface area contributed by atoms with Gasteiger partial charge in [0.05, 0.1) is 15.6 Å². The van der Waals surface area contributed by atoms with Crippen molar-refractivity contribution in [3.8, 4) is 10.6 Å². The highest BCUT2D eigenvalue weighted by molar-refractivity contribution is 7.21. The van der Waals surface area contributed by atoms with Gasteiger partial charge < -0.3 is 4.98 Å². The molecule has 0 amide bonds. The van der Waals surface area contributed by atoms with Gasteiger partial charge in [-0.2, -0.15) is 0 Å². The molecule has 0 spiro atoms. The number of H-pyrrole nitrogens is 1. The number of halogens is 2. The lowest BCUT2D eigenvalue weighted by Crippen LogP contribution is -2.01. The number of aromatic amines is 1. The first kappa shape index (κ1) is 11.7. The first-order chi connectivity index (χ1) is 8.66. The lowest BCUT2D eigenvalue weighted by Gasteiger charge is -2.01. The van der Waals surface area contributed by atoms with Crippen LogP contribution >= 0.6 is 34.5 Å². The highest BCUT2D eigenvalue weighted by Gasteiger charge is 2.14. The molecular formula is C12H6Cl2N2OS. The van der Waals surface area contributed by atoms with Crippen molar-refractivity contribution in [3.05, 3.63) is 50.9 Å². The third kappa shape index (κ3) is 1.82. The van der Waals surface area contributed by atoms with Crippen LogP contribution in [0.15, 0.2) is 35.3 Å². The number of hydrogen-bond donors (Lipinski definition) is 1. The Hall–Kier alpha value is -1.36. The van der Waals surface area contributed by atoms with E-state index in [1.165, 1.54) is 11.3 Å². The molecule has 18 heavy (non-hydrogen) atoms. The van der Waals surface area contributed by atoms with Crippen molar-refractivity contribution in [3.63, 3.8) is 0 Å². The minimum absolute atomic E-state index is 0.153. The van der Waals surface area contributed by atoms with E-state index in [4.69, 9.17) is 23.2 Å². The van der Waals surface area contributed by atoms with Crippen molar-refractivity contribution in [2.24, 2.45) is 0 Å². The van der Waals surface area contributed by atoms with Crippen molar-refractivity contribution in [1.82, 2.24) is 9.97 Å². The van der Waals surface area contributed by atoms with Crippen LogP contribution in [0.25, 0.3) is 20.8 Å². The minimum atomic E-state index is -0.153. The van der Waals surface area contributed by atoms with E-state index >= 15 is 0 Å². The molecule has 0 fully saturated rings. The lowest BCUT2D eigenvalue weighted by atomic mass is 10.2. The zero-order chi connectivity index (χ0) is 12.7. The Balaban J connectivity index is 2.33. The van der Waals surface area contributed by atoms with Crippen molar-refractivity contribution in [2.45, 2.75) is 0 Å². The van der Waals surface area contributed by atoms with Crippen LogP contribution in [0.1, 0.15) is 0 Å². The van der Waals surface area contributed by atoms with Crippen LogP contribution in [0, 0.1) is 0 Å². The van der Waals surface area contributed by atoms with E-state index in [1.807, 2.05) is 0 Å². The summed E-state index contributed by atoms with van der Waals surface area (Å²) in [5.41, 5.74) is 1.16. The molecule has 0 saturated heterocycles. The fourth-order valence-corrected chi connectivity index (χ4v) is 3.40. The zero-order valence-electron chi connectivity index (χ0n) is 8.91. The van der Waals surface area contributed by atoms with Crippen molar-refractivity contribution in [2.75, 3.05) is 0 Å². The number of thiazole rings is 1. The summed E-state index contributed by atoms with van der Waals surface area (Å²) in [5, 5.41) is 1.70. The number of aromatic nitrogens is 2. The van der Waals surface area contributed by atoms with Gasteiger partial charge in [-0.05, 0) is 18.2 Å². The van der Waals surface area contributed by atoms with Gasteiger partial charge in [0.25, 0.3) is 5.56 Å². The average molecular weight is 297 g/mol. The normalized spacial score (nSPS) is 11.0. The molecule has 2 aromatic heterocycles. The number of hydrogen-bond acceptors (Lipinski definition) is 3. The second-order valence-electron chi connectivity index (χ2n) is 3.64. The number of rotatable bonds is 1. The Kier molecular flexibility index (Phi) is 2.86. The van der Waals surface area contributed by atoms with Gasteiger partial charge in [0.15, 0.2) is 0 Å². The van der Waals surface area contributed by atoms with Gasteiger partial charge in [-0.1, -0.05) is 29.3 Å². The predicted octanol–water partition coefficient (Wildman–Crippen LogP) is 3.96. The molecule has 0 unspecified atom stereocenters. The molecule has 0 bridgehead atoms. The summed E-state index contributed by atoms with van der Waals surface area (Å²) in [6.45, 7) is 0. The summed E-state index contributed by atoms with van der Waals surface area (Å²) in [6.07, 6.45) is 1.57. The van der Waals surface area contributed by atoms with Crippen LogP contribution in [-0.2, 0) is 0 Å². The summed E-state index contributed by atoms with van der Waals surface area (Å²) < 4.78 is 0.573. The summed E-state index contributed by atoms with van der Waals surface area (Å²) in [6, 6.07) is 7.02. The average Bonchev–Trinajstić information content (AvgIpc) is 2.74. The fourth-order valence-electron chi connectivity index (χ4n) is 1.68. The van der Waals surface area contributed by atoms with E-state index in [0.717, 1.165) is 0 Å². The topological polar surface area (TPSA) is 45.8 Å². The zero-order valence-corrected chi connectivity index (χ0v) is 11.2. The second-order valence-corrected chi connectivity index (χ2v) is 5.45. The molecule has 6 heteroatoms. The number of nitrogens with zero attached hydrogens (tertiary/aromatic N) is 1. The largest absolute Gasteiger partial charge is 0.328 e. The molecule has 0 aliphatic rings. The number of fused-ring (bicyclic) bond motifs is 1. The van der Waals surface area contributed by atoms with Crippen molar-refractivity contribution in [1.29, 1.82) is 0 Å². The van der Waals surface area contributed by atoms with Gasteiger partial charge in [-0.25, -0.2) is 4.98 Å². The third-order valence-electron chi connectivity index (χ3n) is 2.49. The maximum absolute atomic E-state index is 11.6. The number of nitrogens with one attached hydrogen (secondary N) is 1. The highest BCUT2D eigenvalue weighted by atomic mass is 35.5. The van der Waals surface area contributed by atoms with Crippen LogP contribution in [0.5, 0.6) is 0 Å². The first-order valence-corrected chi connectivity index (χ1v) is 6.66. The molecule has 2 heterocycles. The standard InChI is InChI=1S/C12H6Cl2N2OS/c13-6-2-1-3-7(14)9(6)12-16-8-4-5-15-11(17)10(8)18-12/h1-5H,(H,15,17). The monoisotopic (exact) mass is 296 g/mol. The Labute approximate surface area is 116 Å². The molecule has 0 saturated carbocycles. The summed E-state index contributed by atoms with van der Waals surface area (Å²) in [7, 11) is 0. The molecule has 1 aromatic carbocycles. The molecule has 90 valence electrons. The van der Waals surface area contributed by atoms with E-state index in [0.29, 0.717) is 30.8 Å². The lowest BCUT2D eigenvalue weighted by molar-refractivity contribution is 1.28. The Morgan fingerprint density at radius 1 is 1.17 bits per heavy atom. The molecule has 0 atom stereocenters. The number of benzene rings is 1. The van der Waals surface area contributed by atoms with E-state index in [-0.39, 0.29) is 5.56 Å². The van der Waals surface area contributed by atoms with Crippen LogP contribution < -0.4 is 5.56 Å². The van der Waals surface area contributed by atoms with E-state index in [9.17, 15) is 4.79 Å².